The summed E-state index contributed by atoms with van der Waals surface area (Å²) in [5.74, 6) is 0. The summed E-state index contributed by atoms with van der Waals surface area (Å²) in [5.41, 5.74) is 4.07. The van der Waals surface area contributed by atoms with Crippen LogP contribution in [0.15, 0.2) is 0 Å². The Labute approximate surface area is 134 Å². The third-order valence-electron chi connectivity index (χ3n) is 4.92. The van der Waals surface area contributed by atoms with E-state index in [-0.39, 0.29) is 12.6 Å². The molecule has 1 aliphatic heterocycles. The number of hydrogen-bond donors (Lipinski definition) is 1. The van der Waals surface area contributed by atoms with Gasteiger partial charge in [0.05, 0.1) is 12.3 Å². The largest absolute Gasteiger partial charge is 0.395 e. The van der Waals surface area contributed by atoms with E-state index in [0.29, 0.717) is 0 Å². The second kappa shape index (κ2) is 8.09. The molecular weight excluding hydrogens is 276 g/mol. The lowest BCUT2D eigenvalue weighted by Gasteiger charge is -2.26. The summed E-state index contributed by atoms with van der Waals surface area (Å²) in [5, 5.41) is 14.0. The fourth-order valence-electron chi connectivity index (χ4n) is 3.50. The molecule has 0 aromatic carbocycles. The molecule has 1 saturated heterocycles. The van der Waals surface area contributed by atoms with Crippen LogP contribution < -0.4 is 0 Å². The standard InChI is InChI=1S/C17H32N4O/c1-5-16-15(17(6-2)19(4)18-16)12-20-8-7-9-21(11-10-20)14(3)13-22/h14,22H,5-13H2,1-4H3. The van der Waals surface area contributed by atoms with Gasteiger partial charge in [0.1, 0.15) is 0 Å². The molecule has 1 aliphatic rings. The van der Waals surface area contributed by atoms with Crippen LogP contribution >= 0.6 is 0 Å². The summed E-state index contributed by atoms with van der Waals surface area (Å²) in [6, 6.07) is 0.274. The smallest absolute Gasteiger partial charge is 0.0669 e. The van der Waals surface area contributed by atoms with E-state index in [1.54, 1.807) is 0 Å². The number of hydrogen-bond acceptors (Lipinski definition) is 4. The van der Waals surface area contributed by atoms with Gasteiger partial charge in [-0.05, 0) is 39.3 Å². The van der Waals surface area contributed by atoms with E-state index in [1.807, 2.05) is 0 Å². The third-order valence-corrected chi connectivity index (χ3v) is 4.92. The highest BCUT2D eigenvalue weighted by Crippen LogP contribution is 2.19. The lowest BCUT2D eigenvalue weighted by atomic mass is 10.1. The van der Waals surface area contributed by atoms with E-state index in [4.69, 9.17) is 5.10 Å². The molecule has 0 spiro atoms. The van der Waals surface area contributed by atoms with Crippen molar-refractivity contribution in [3.8, 4) is 0 Å². The van der Waals surface area contributed by atoms with Gasteiger partial charge in [-0.25, -0.2) is 0 Å². The van der Waals surface area contributed by atoms with E-state index >= 15 is 0 Å². The first kappa shape index (κ1) is 17.4. The summed E-state index contributed by atoms with van der Waals surface area (Å²) in [7, 11) is 2.06. The zero-order valence-corrected chi connectivity index (χ0v) is 14.7. The second-order valence-electron chi connectivity index (χ2n) is 6.40. The van der Waals surface area contributed by atoms with E-state index in [2.05, 4.69) is 42.3 Å². The van der Waals surface area contributed by atoms with Crippen LogP contribution in [0.5, 0.6) is 0 Å². The Bertz CT molecular complexity index is 471. The molecule has 0 bridgehead atoms. The van der Waals surface area contributed by atoms with Gasteiger partial charge in [-0.2, -0.15) is 5.10 Å². The molecule has 1 atom stereocenters. The molecule has 1 N–H and O–H groups in total. The number of aromatic nitrogens is 2. The van der Waals surface area contributed by atoms with Crippen LogP contribution in [0.2, 0.25) is 0 Å². The minimum absolute atomic E-state index is 0.253. The molecule has 0 aliphatic carbocycles. The van der Waals surface area contributed by atoms with E-state index in [0.717, 1.165) is 45.6 Å². The van der Waals surface area contributed by atoms with Gasteiger partial charge in [0.2, 0.25) is 0 Å². The van der Waals surface area contributed by atoms with Crippen molar-refractivity contribution in [2.75, 3.05) is 32.8 Å². The fraction of sp³-hybridized carbons (Fsp3) is 0.824. The molecule has 5 heteroatoms. The molecule has 126 valence electrons. The van der Waals surface area contributed by atoms with Gasteiger partial charge in [0.25, 0.3) is 0 Å². The molecule has 1 fully saturated rings. The van der Waals surface area contributed by atoms with Crippen molar-refractivity contribution in [3.05, 3.63) is 17.0 Å². The monoisotopic (exact) mass is 308 g/mol. The lowest BCUT2D eigenvalue weighted by molar-refractivity contribution is 0.136. The summed E-state index contributed by atoms with van der Waals surface area (Å²) >= 11 is 0. The highest BCUT2D eigenvalue weighted by atomic mass is 16.3. The quantitative estimate of drug-likeness (QED) is 0.863. The minimum Gasteiger partial charge on any atom is -0.395 e. The van der Waals surface area contributed by atoms with Crippen LogP contribution in [0.1, 0.15) is 44.1 Å². The Balaban J connectivity index is 2.05. The maximum Gasteiger partial charge on any atom is 0.0669 e. The molecule has 2 rings (SSSR count). The van der Waals surface area contributed by atoms with E-state index in [9.17, 15) is 5.11 Å². The topological polar surface area (TPSA) is 44.5 Å². The first-order valence-electron chi connectivity index (χ1n) is 8.71. The number of rotatable bonds is 6. The highest BCUT2D eigenvalue weighted by molar-refractivity contribution is 5.26. The van der Waals surface area contributed by atoms with Gasteiger partial charge in [-0.1, -0.05) is 13.8 Å². The zero-order valence-electron chi connectivity index (χ0n) is 14.7. The molecule has 1 aromatic rings. The number of aliphatic hydroxyl groups excluding tert-OH is 1. The number of aliphatic hydroxyl groups is 1. The Morgan fingerprint density at radius 2 is 1.91 bits per heavy atom. The average Bonchev–Trinajstić information content (AvgIpc) is 2.68. The summed E-state index contributed by atoms with van der Waals surface area (Å²) in [6.45, 7) is 12.1. The van der Waals surface area contributed by atoms with Crippen molar-refractivity contribution < 1.29 is 5.11 Å². The van der Waals surface area contributed by atoms with Crippen molar-refractivity contribution in [2.24, 2.45) is 7.05 Å². The van der Waals surface area contributed by atoms with Crippen molar-refractivity contribution in [3.63, 3.8) is 0 Å². The van der Waals surface area contributed by atoms with Crippen molar-refractivity contribution in [1.82, 2.24) is 19.6 Å². The second-order valence-corrected chi connectivity index (χ2v) is 6.40. The highest BCUT2D eigenvalue weighted by Gasteiger charge is 2.21. The predicted octanol–water partition coefficient (Wildman–Crippen LogP) is 1.43. The molecule has 2 heterocycles. The van der Waals surface area contributed by atoms with Gasteiger partial charge in [0.15, 0.2) is 0 Å². The third kappa shape index (κ3) is 3.89. The Hall–Kier alpha value is -0.910. The molecular formula is C17H32N4O. The van der Waals surface area contributed by atoms with Gasteiger partial charge >= 0.3 is 0 Å². The van der Waals surface area contributed by atoms with Gasteiger partial charge in [-0.3, -0.25) is 14.5 Å². The SMILES string of the molecule is CCc1nn(C)c(CC)c1CN1CCCN(C(C)CO)CC1. The Kier molecular flexibility index (Phi) is 6.41. The first-order chi connectivity index (χ1) is 10.6. The van der Waals surface area contributed by atoms with E-state index < -0.39 is 0 Å². The molecule has 5 nitrogen and oxygen atoms in total. The first-order valence-corrected chi connectivity index (χ1v) is 8.71. The summed E-state index contributed by atoms with van der Waals surface area (Å²) in [6.07, 6.45) is 3.22. The summed E-state index contributed by atoms with van der Waals surface area (Å²) in [4.78, 5) is 4.96. The molecule has 22 heavy (non-hydrogen) atoms. The number of nitrogens with zero attached hydrogens (tertiary/aromatic N) is 4. The maximum absolute atomic E-state index is 9.35. The summed E-state index contributed by atoms with van der Waals surface area (Å²) < 4.78 is 2.06. The van der Waals surface area contributed by atoms with Crippen LogP contribution in [-0.4, -0.2) is 63.5 Å². The number of aryl methyl sites for hydroxylation is 2. The predicted molar refractivity (Wildman–Crippen MR) is 90.0 cm³/mol. The average molecular weight is 308 g/mol. The molecule has 0 saturated carbocycles. The molecule has 0 radical (unpaired) electrons. The van der Waals surface area contributed by atoms with Crippen LogP contribution in [-0.2, 0) is 26.4 Å². The van der Waals surface area contributed by atoms with Crippen LogP contribution in [0.3, 0.4) is 0 Å². The lowest BCUT2D eigenvalue weighted by Crippen LogP contribution is -2.38. The van der Waals surface area contributed by atoms with Crippen molar-refractivity contribution in [1.29, 1.82) is 0 Å². The van der Waals surface area contributed by atoms with E-state index in [1.165, 1.54) is 23.4 Å². The van der Waals surface area contributed by atoms with Crippen molar-refractivity contribution >= 4 is 0 Å². The Morgan fingerprint density at radius 1 is 1.14 bits per heavy atom. The normalized spacial score (nSPS) is 19.3. The van der Waals surface area contributed by atoms with Crippen molar-refractivity contribution in [2.45, 2.75) is 52.6 Å². The maximum atomic E-state index is 9.35. The van der Waals surface area contributed by atoms with Gasteiger partial charge in [0, 0.05) is 44.0 Å². The van der Waals surface area contributed by atoms with Gasteiger partial charge < -0.3 is 5.11 Å². The molecule has 0 amide bonds. The fourth-order valence-corrected chi connectivity index (χ4v) is 3.50. The van der Waals surface area contributed by atoms with Gasteiger partial charge in [-0.15, -0.1) is 0 Å². The molecule has 1 unspecified atom stereocenters. The Morgan fingerprint density at radius 3 is 2.55 bits per heavy atom. The van der Waals surface area contributed by atoms with Crippen LogP contribution in [0.4, 0.5) is 0 Å². The zero-order chi connectivity index (χ0) is 16.1. The minimum atomic E-state index is 0.253. The molecule has 1 aromatic heterocycles. The van der Waals surface area contributed by atoms with Crippen LogP contribution in [0, 0.1) is 0 Å². The van der Waals surface area contributed by atoms with Crippen LogP contribution in [0.25, 0.3) is 0 Å².